The highest BCUT2D eigenvalue weighted by atomic mass is 32.2. The predicted octanol–water partition coefficient (Wildman–Crippen LogP) is 2.15. The lowest BCUT2D eigenvalue weighted by atomic mass is 9.99. The maximum atomic E-state index is 12.1. The van der Waals surface area contributed by atoms with E-state index in [1.165, 1.54) is 4.31 Å². The molecule has 6 heteroatoms. The van der Waals surface area contributed by atoms with Crippen molar-refractivity contribution in [1.82, 2.24) is 4.31 Å². The number of amides is 1. The van der Waals surface area contributed by atoms with Crippen molar-refractivity contribution in [3.05, 3.63) is 0 Å². The van der Waals surface area contributed by atoms with E-state index in [4.69, 9.17) is 8.92 Å². The van der Waals surface area contributed by atoms with E-state index >= 15 is 0 Å². The van der Waals surface area contributed by atoms with E-state index in [9.17, 15) is 9.00 Å². The van der Waals surface area contributed by atoms with E-state index in [-0.39, 0.29) is 0 Å². The van der Waals surface area contributed by atoms with Crippen LogP contribution in [0.15, 0.2) is 0 Å². The lowest BCUT2D eigenvalue weighted by Gasteiger charge is -2.32. The Hall–Kier alpha value is -0.620. The van der Waals surface area contributed by atoms with Gasteiger partial charge in [-0.15, -0.1) is 0 Å². The van der Waals surface area contributed by atoms with Gasteiger partial charge in [0.15, 0.2) is 0 Å². The summed E-state index contributed by atoms with van der Waals surface area (Å²) in [6, 6.07) is 0. The number of hydrogen-bond acceptors (Lipinski definition) is 4. The zero-order valence-electron chi connectivity index (χ0n) is 10.5. The summed E-state index contributed by atoms with van der Waals surface area (Å²) in [5, 5.41) is 0. The van der Waals surface area contributed by atoms with Crippen molar-refractivity contribution in [3.8, 4) is 0 Å². The van der Waals surface area contributed by atoms with E-state index in [1.807, 2.05) is 0 Å². The molecule has 1 spiro atoms. The average molecular weight is 261 g/mol. The van der Waals surface area contributed by atoms with Gasteiger partial charge in [0.1, 0.15) is 5.60 Å². The Bertz CT molecular complexity index is 344. The Morgan fingerprint density at radius 3 is 2.47 bits per heavy atom. The van der Waals surface area contributed by atoms with Crippen LogP contribution in [0.2, 0.25) is 0 Å². The quantitative estimate of drug-likeness (QED) is 0.670. The molecule has 1 unspecified atom stereocenters. The zero-order valence-corrected chi connectivity index (χ0v) is 11.3. The molecule has 0 bridgehead atoms. The van der Waals surface area contributed by atoms with E-state index in [2.05, 4.69) is 0 Å². The maximum Gasteiger partial charge on any atom is 0.424 e. The predicted molar refractivity (Wildman–Crippen MR) is 63.4 cm³/mol. The summed E-state index contributed by atoms with van der Waals surface area (Å²) in [6.07, 6.45) is 3.24. The van der Waals surface area contributed by atoms with Gasteiger partial charge in [0.25, 0.3) is 11.3 Å². The Morgan fingerprint density at radius 2 is 1.94 bits per heavy atom. The standard InChI is InChI=1S/C11H19NO4S/c1-10(2,3)16-9(13)12-11(6-4-5-7-11)8-15-17(12)14/h4-8H2,1-3H3. The van der Waals surface area contributed by atoms with Crippen LogP contribution in [0, 0.1) is 0 Å². The number of rotatable bonds is 0. The normalized spacial score (nSPS) is 27.7. The van der Waals surface area contributed by atoms with Crippen molar-refractivity contribution in [3.63, 3.8) is 0 Å². The summed E-state index contributed by atoms with van der Waals surface area (Å²) in [6.45, 7) is 5.75. The molecule has 0 radical (unpaired) electrons. The monoisotopic (exact) mass is 261 g/mol. The van der Waals surface area contributed by atoms with Gasteiger partial charge in [0, 0.05) is 0 Å². The molecular weight excluding hydrogens is 242 g/mol. The topological polar surface area (TPSA) is 55.8 Å². The molecule has 0 aromatic heterocycles. The van der Waals surface area contributed by atoms with Gasteiger partial charge in [0.05, 0.1) is 12.1 Å². The first-order valence-corrected chi connectivity index (χ1v) is 6.96. The molecule has 1 aliphatic heterocycles. The smallest absolute Gasteiger partial charge is 0.424 e. The minimum absolute atomic E-state index is 0.360. The fourth-order valence-electron chi connectivity index (χ4n) is 2.37. The second kappa shape index (κ2) is 4.24. The van der Waals surface area contributed by atoms with Crippen LogP contribution < -0.4 is 0 Å². The van der Waals surface area contributed by atoms with Crippen LogP contribution in [0.25, 0.3) is 0 Å². The van der Waals surface area contributed by atoms with Gasteiger partial charge in [-0.2, -0.15) is 4.31 Å². The van der Waals surface area contributed by atoms with Crippen LogP contribution in [0.3, 0.4) is 0 Å². The van der Waals surface area contributed by atoms with Crippen LogP contribution in [0.1, 0.15) is 46.5 Å². The number of carbonyl (C=O) groups excluding carboxylic acids is 1. The highest BCUT2D eigenvalue weighted by Crippen LogP contribution is 2.41. The van der Waals surface area contributed by atoms with Gasteiger partial charge in [-0.1, -0.05) is 12.8 Å². The Labute approximate surface area is 104 Å². The molecule has 98 valence electrons. The Morgan fingerprint density at radius 1 is 1.35 bits per heavy atom. The van der Waals surface area contributed by atoms with Gasteiger partial charge in [0.2, 0.25) is 0 Å². The maximum absolute atomic E-state index is 12.1. The van der Waals surface area contributed by atoms with Gasteiger partial charge in [-0.3, -0.25) is 4.18 Å². The molecule has 1 amide bonds. The first-order chi connectivity index (χ1) is 7.84. The SMILES string of the molecule is CC(C)(C)OC(=O)N1S(=O)OCC12CCCC2. The number of ether oxygens (including phenoxy) is 1. The van der Waals surface area contributed by atoms with Gasteiger partial charge >= 0.3 is 6.09 Å². The molecule has 1 aliphatic carbocycles. The summed E-state index contributed by atoms with van der Waals surface area (Å²) in [5.74, 6) is 0. The number of hydrogen-bond donors (Lipinski definition) is 0. The van der Waals surface area contributed by atoms with Crippen molar-refractivity contribution in [1.29, 1.82) is 0 Å². The lowest BCUT2D eigenvalue weighted by molar-refractivity contribution is 0.0262. The van der Waals surface area contributed by atoms with Crippen LogP contribution in [0.4, 0.5) is 4.79 Å². The van der Waals surface area contributed by atoms with E-state index < -0.39 is 28.5 Å². The molecule has 1 saturated heterocycles. The summed E-state index contributed by atoms with van der Waals surface area (Å²) >= 11 is -1.70. The molecule has 0 aromatic carbocycles. The Balaban J connectivity index is 2.17. The highest BCUT2D eigenvalue weighted by molar-refractivity contribution is 7.78. The fourth-order valence-corrected chi connectivity index (χ4v) is 3.50. The molecule has 5 nitrogen and oxygen atoms in total. The summed E-state index contributed by atoms with van der Waals surface area (Å²) in [7, 11) is 0. The van der Waals surface area contributed by atoms with E-state index in [1.54, 1.807) is 20.8 Å². The van der Waals surface area contributed by atoms with Gasteiger partial charge in [-0.25, -0.2) is 9.00 Å². The van der Waals surface area contributed by atoms with E-state index in [0.717, 1.165) is 25.7 Å². The summed E-state index contributed by atoms with van der Waals surface area (Å²) in [4.78, 5) is 12.1. The van der Waals surface area contributed by atoms with Crippen molar-refractivity contribution in [2.24, 2.45) is 0 Å². The highest BCUT2D eigenvalue weighted by Gasteiger charge is 2.52. The molecule has 2 rings (SSSR count). The lowest BCUT2D eigenvalue weighted by Crippen LogP contribution is -2.49. The van der Waals surface area contributed by atoms with Crippen molar-refractivity contribution < 1.29 is 17.9 Å². The third-order valence-corrected chi connectivity index (χ3v) is 4.26. The Kier molecular flexibility index (Phi) is 3.20. The second-order valence-electron chi connectivity index (χ2n) is 5.69. The number of nitrogens with zero attached hydrogens (tertiary/aromatic N) is 1. The molecule has 1 atom stereocenters. The first-order valence-electron chi connectivity index (χ1n) is 5.92. The van der Waals surface area contributed by atoms with Crippen LogP contribution in [-0.4, -0.2) is 32.4 Å². The van der Waals surface area contributed by atoms with Crippen LogP contribution in [0.5, 0.6) is 0 Å². The zero-order chi connectivity index (χ0) is 12.7. The van der Waals surface area contributed by atoms with Gasteiger partial charge in [-0.05, 0) is 33.6 Å². The molecule has 0 N–H and O–H groups in total. The first kappa shape index (κ1) is 12.8. The summed E-state index contributed by atoms with van der Waals surface area (Å²) < 4.78 is 23.5. The summed E-state index contributed by atoms with van der Waals surface area (Å²) in [5.41, 5.74) is -0.975. The van der Waals surface area contributed by atoms with Crippen molar-refractivity contribution in [2.45, 2.75) is 57.6 Å². The fraction of sp³-hybridized carbons (Fsp3) is 0.909. The average Bonchev–Trinajstić information content (AvgIpc) is 2.73. The van der Waals surface area contributed by atoms with Crippen molar-refractivity contribution in [2.75, 3.05) is 6.61 Å². The molecule has 0 aromatic rings. The molecule has 17 heavy (non-hydrogen) atoms. The van der Waals surface area contributed by atoms with Crippen LogP contribution >= 0.6 is 0 Å². The second-order valence-corrected chi connectivity index (χ2v) is 6.72. The third-order valence-electron chi connectivity index (χ3n) is 3.10. The van der Waals surface area contributed by atoms with Gasteiger partial charge < -0.3 is 4.74 Å². The molecule has 2 fully saturated rings. The molecule has 2 aliphatic rings. The molecule has 1 saturated carbocycles. The molecule has 1 heterocycles. The largest absolute Gasteiger partial charge is 0.443 e. The van der Waals surface area contributed by atoms with E-state index in [0.29, 0.717) is 6.61 Å². The number of carbonyl (C=O) groups is 1. The minimum Gasteiger partial charge on any atom is -0.443 e. The molecular formula is C11H19NO4S. The van der Waals surface area contributed by atoms with Crippen molar-refractivity contribution >= 4 is 17.4 Å². The third kappa shape index (κ3) is 2.47. The van der Waals surface area contributed by atoms with Crippen LogP contribution in [-0.2, 0) is 20.2 Å². The minimum atomic E-state index is -1.70.